The van der Waals surface area contributed by atoms with Gasteiger partial charge in [-0.2, -0.15) is 4.98 Å². The van der Waals surface area contributed by atoms with Crippen LogP contribution in [0.1, 0.15) is 60.5 Å². The zero-order valence-electron chi connectivity index (χ0n) is 18.2. The van der Waals surface area contributed by atoms with E-state index in [0.29, 0.717) is 24.0 Å². The Morgan fingerprint density at radius 1 is 1.09 bits per heavy atom. The van der Waals surface area contributed by atoms with Crippen molar-refractivity contribution < 1.29 is 23.2 Å². The largest absolute Gasteiger partial charge is 0.503 e. The van der Waals surface area contributed by atoms with Crippen LogP contribution in [0.3, 0.4) is 0 Å². The van der Waals surface area contributed by atoms with E-state index in [1.54, 1.807) is 0 Å². The first kappa shape index (κ1) is 21.5. The number of pyridine rings is 1. The number of phenolic OH excluding ortho intramolecular Hbond substituents is 1. The van der Waals surface area contributed by atoms with Crippen LogP contribution in [-0.4, -0.2) is 32.7 Å². The monoisotopic (exact) mass is 454 g/mol. The second-order valence-electron chi connectivity index (χ2n) is 9.34. The number of benzene rings is 1. The molecule has 0 spiro atoms. The molecule has 1 aromatic carbocycles. The van der Waals surface area contributed by atoms with E-state index in [0.717, 1.165) is 56.4 Å². The van der Waals surface area contributed by atoms with Gasteiger partial charge in [-0.05, 0) is 75.1 Å². The van der Waals surface area contributed by atoms with Crippen molar-refractivity contribution in [3.05, 3.63) is 59.1 Å². The topological polar surface area (TPSA) is 101 Å². The maximum atomic E-state index is 13.6. The van der Waals surface area contributed by atoms with Crippen molar-refractivity contribution in [2.75, 3.05) is 6.54 Å². The van der Waals surface area contributed by atoms with E-state index in [2.05, 4.69) is 20.4 Å². The summed E-state index contributed by atoms with van der Waals surface area (Å²) in [6.07, 6.45) is 5.25. The average molecular weight is 454 g/mol. The molecule has 9 heteroatoms. The van der Waals surface area contributed by atoms with Crippen molar-refractivity contribution in [3.63, 3.8) is 0 Å². The summed E-state index contributed by atoms with van der Waals surface area (Å²) in [5.41, 5.74) is 1.20. The molecule has 0 unspecified atom stereocenters. The molecule has 33 heavy (non-hydrogen) atoms. The number of aryl methyl sites for hydroxylation is 1. The van der Waals surface area contributed by atoms with Crippen molar-refractivity contribution in [1.82, 2.24) is 20.4 Å². The zero-order chi connectivity index (χ0) is 23.2. The lowest BCUT2D eigenvalue weighted by molar-refractivity contribution is 0.0229. The lowest BCUT2D eigenvalue weighted by atomic mass is 9.53. The van der Waals surface area contributed by atoms with Gasteiger partial charge in [0.1, 0.15) is 5.69 Å². The fourth-order valence-electron chi connectivity index (χ4n) is 5.13. The lowest BCUT2D eigenvalue weighted by Gasteiger charge is -2.51. The summed E-state index contributed by atoms with van der Waals surface area (Å²) in [7, 11) is 0. The third-order valence-electron chi connectivity index (χ3n) is 7.30. The number of aromatic hydroxyl groups is 1. The standard InChI is InChI=1S/C24H24F2N4O3/c1-14-3-2-4-18(28-14)20-29-22(33-30-20)24-8-5-23(6-9-24,7-10-24)13-27-21(32)15-11-16(25)19(31)17(26)12-15/h2-4,11-12,31H,5-10,13H2,1H3,(H,27,32). The van der Waals surface area contributed by atoms with Gasteiger partial charge in [-0.25, -0.2) is 13.8 Å². The number of nitrogens with one attached hydrogen (secondary N) is 1. The van der Waals surface area contributed by atoms with Gasteiger partial charge in [0.2, 0.25) is 11.7 Å². The highest BCUT2D eigenvalue weighted by Crippen LogP contribution is 2.57. The number of halogens is 2. The van der Waals surface area contributed by atoms with E-state index in [1.165, 1.54) is 0 Å². The smallest absolute Gasteiger partial charge is 0.251 e. The number of rotatable bonds is 5. The van der Waals surface area contributed by atoms with E-state index < -0.39 is 23.3 Å². The van der Waals surface area contributed by atoms with Crippen LogP contribution in [0, 0.1) is 24.0 Å². The van der Waals surface area contributed by atoms with Crippen molar-refractivity contribution >= 4 is 5.91 Å². The maximum Gasteiger partial charge on any atom is 0.251 e. The predicted octanol–water partition coefficient (Wildman–Crippen LogP) is 4.45. The van der Waals surface area contributed by atoms with Crippen molar-refractivity contribution in [1.29, 1.82) is 0 Å². The molecule has 3 saturated carbocycles. The first-order valence-corrected chi connectivity index (χ1v) is 11.0. The highest BCUT2D eigenvalue weighted by atomic mass is 19.1. The number of phenols is 1. The molecule has 3 aliphatic rings. The first-order valence-electron chi connectivity index (χ1n) is 11.0. The highest BCUT2D eigenvalue weighted by Gasteiger charge is 2.52. The minimum Gasteiger partial charge on any atom is -0.503 e. The third kappa shape index (κ3) is 3.85. The van der Waals surface area contributed by atoms with Crippen LogP contribution in [0.25, 0.3) is 11.5 Å². The Kier molecular flexibility index (Phi) is 5.14. The van der Waals surface area contributed by atoms with E-state index in [9.17, 15) is 18.7 Å². The molecule has 0 radical (unpaired) electrons. The summed E-state index contributed by atoms with van der Waals surface area (Å²) in [6.45, 7) is 2.34. The van der Waals surface area contributed by atoms with Gasteiger partial charge >= 0.3 is 0 Å². The van der Waals surface area contributed by atoms with Gasteiger partial charge in [0, 0.05) is 23.2 Å². The molecule has 3 aliphatic carbocycles. The molecular weight excluding hydrogens is 430 g/mol. The fraction of sp³-hybridized carbons (Fsp3) is 0.417. The fourth-order valence-corrected chi connectivity index (χ4v) is 5.13. The molecule has 2 aromatic heterocycles. The zero-order valence-corrected chi connectivity index (χ0v) is 18.2. The molecule has 2 heterocycles. The van der Waals surface area contributed by atoms with Gasteiger partial charge in [-0.1, -0.05) is 11.2 Å². The molecule has 0 atom stereocenters. The van der Waals surface area contributed by atoms with Crippen LogP contribution in [0.4, 0.5) is 8.78 Å². The molecule has 2 N–H and O–H groups in total. The van der Waals surface area contributed by atoms with Gasteiger partial charge in [-0.15, -0.1) is 0 Å². The number of hydrogen-bond donors (Lipinski definition) is 2. The second kappa shape index (κ2) is 7.90. The van der Waals surface area contributed by atoms with Gasteiger partial charge < -0.3 is 14.9 Å². The van der Waals surface area contributed by atoms with Crippen molar-refractivity contribution in [2.45, 2.75) is 50.9 Å². The molecule has 2 bridgehead atoms. The molecule has 0 saturated heterocycles. The van der Waals surface area contributed by atoms with Crippen molar-refractivity contribution in [2.24, 2.45) is 5.41 Å². The number of amides is 1. The Morgan fingerprint density at radius 3 is 2.39 bits per heavy atom. The number of nitrogens with zero attached hydrogens (tertiary/aromatic N) is 3. The Labute approximate surface area is 189 Å². The Bertz CT molecular complexity index is 1180. The molecule has 7 nitrogen and oxygen atoms in total. The van der Waals surface area contributed by atoms with Crippen LogP contribution < -0.4 is 5.32 Å². The number of carbonyl (C=O) groups excluding carboxylic acids is 1. The minimum atomic E-state index is -1.15. The van der Waals surface area contributed by atoms with Crippen LogP contribution in [0.5, 0.6) is 5.75 Å². The van der Waals surface area contributed by atoms with Gasteiger partial charge in [0.05, 0.1) is 0 Å². The van der Waals surface area contributed by atoms with E-state index in [-0.39, 0.29) is 16.4 Å². The van der Waals surface area contributed by atoms with Crippen molar-refractivity contribution in [3.8, 4) is 17.3 Å². The summed E-state index contributed by atoms with van der Waals surface area (Å²) in [5.74, 6) is -2.81. The number of hydrogen-bond acceptors (Lipinski definition) is 6. The maximum absolute atomic E-state index is 13.6. The molecule has 6 rings (SSSR count). The Morgan fingerprint density at radius 2 is 1.76 bits per heavy atom. The van der Waals surface area contributed by atoms with E-state index >= 15 is 0 Å². The summed E-state index contributed by atoms with van der Waals surface area (Å²) in [6, 6.07) is 7.37. The van der Waals surface area contributed by atoms with Crippen LogP contribution in [0.2, 0.25) is 0 Å². The predicted molar refractivity (Wildman–Crippen MR) is 114 cm³/mol. The van der Waals surface area contributed by atoms with Gasteiger partial charge in [0.25, 0.3) is 5.91 Å². The summed E-state index contributed by atoms with van der Waals surface area (Å²) >= 11 is 0. The quantitative estimate of drug-likeness (QED) is 0.591. The second-order valence-corrected chi connectivity index (χ2v) is 9.34. The number of fused-ring (bicyclic) bond motifs is 3. The average Bonchev–Trinajstić information content (AvgIpc) is 3.33. The third-order valence-corrected chi connectivity index (χ3v) is 7.30. The molecule has 0 aliphatic heterocycles. The molecule has 3 fully saturated rings. The SMILES string of the molecule is Cc1cccc(-c2noc(C34CCC(CNC(=O)c5cc(F)c(O)c(F)c5)(CC3)CC4)n2)n1. The molecule has 3 aromatic rings. The van der Waals surface area contributed by atoms with Gasteiger partial charge in [0.15, 0.2) is 17.4 Å². The summed E-state index contributed by atoms with van der Waals surface area (Å²) in [5, 5.41) is 16.2. The van der Waals surface area contributed by atoms with Crippen LogP contribution >= 0.6 is 0 Å². The van der Waals surface area contributed by atoms with Gasteiger partial charge in [-0.3, -0.25) is 4.79 Å². The summed E-state index contributed by atoms with van der Waals surface area (Å²) < 4.78 is 32.8. The van der Waals surface area contributed by atoms with E-state index in [1.807, 2.05) is 25.1 Å². The normalized spacial score (nSPS) is 24.1. The molecule has 1 amide bonds. The first-order chi connectivity index (χ1) is 15.8. The Hall–Kier alpha value is -3.36. The lowest BCUT2D eigenvalue weighted by Crippen LogP contribution is -2.49. The van der Waals surface area contributed by atoms with Crippen LogP contribution in [0.15, 0.2) is 34.9 Å². The highest BCUT2D eigenvalue weighted by molar-refractivity contribution is 5.94. The molecule has 172 valence electrons. The minimum absolute atomic E-state index is 0.0631. The van der Waals surface area contributed by atoms with E-state index in [4.69, 9.17) is 4.52 Å². The van der Waals surface area contributed by atoms with Crippen LogP contribution in [-0.2, 0) is 5.41 Å². The summed E-state index contributed by atoms with van der Waals surface area (Å²) in [4.78, 5) is 21.6. The number of aromatic nitrogens is 3. The Balaban J connectivity index is 1.25. The molecular formula is C24H24F2N4O3. The number of carbonyl (C=O) groups is 1.